The SMILES string of the molecule is Cn1nnc(Br)c1S(=O)(=O)NC1CC2CC1C1CCCC21. The van der Waals surface area contributed by atoms with Gasteiger partial charge in [-0.3, -0.25) is 0 Å². The molecule has 8 heteroatoms. The van der Waals surface area contributed by atoms with E-state index in [1.807, 2.05) is 0 Å². The van der Waals surface area contributed by atoms with Crippen molar-refractivity contribution in [3.05, 3.63) is 4.60 Å². The van der Waals surface area contributed by atoms with Crippen molar-refractivity contribution in [2.75, 3.05) is 0 Å². The zero-order chi connectivity index (χ0) is 14.8. The molecule has 5 atom stereocenters. The Labute approximate surface area is 132 Å². The maximum Gasteiger partial charge on any atom is 0.260 e. The Morgan fingerprint density at radius 2 is 2.00 bits per heavy atom. The lowest BCUT2D eigenvalue weighted by molar-refractivity contribution is 0.224. The third kappa shape index (κ3) is 2.09. The van der Waals surface area contributed by atoms with Crippen molar-refractivity contribution in [1.29, 1.82) is 0 Å². The van der Waals surface area contributed by atoms with Gasteiger partial charge in [-0.1, -0.05) is 11.6 Å². The van der Waals surface area contributed by atoms with Crippen molar-refractivity contribution in [3.63, 3.8) is 0 Å². The Balaban J connectivity index is 1.57. The molecule has 0 radical (unpaired) electrons. The van der Waals surface area contributed by atoms with Gasteiger partial charge in [-0.15, -0.1) is 5.10 Å². The maximum absolute atomic E-state index is 12.6. The fraction of sp³-hybridized carbons (Fsp3) is 0.846. The van der Waals surface area contributed by atoms with E-state index in [4.69, 9.17) is 0 Å². The van der Waals surface area contributed by atoms with Gasteiger partial charge in [0.2, 0.25) is 5.03 Å². The first kappa shape index (κ1) is 14.1. The molecular formula is C13H19BrN4O2S. The van der Waals surface area contributed by atoms with Crippen molar-refractivity contribution < 1.29 is 8.42 Å². The second kappa shape index (κ2) is 4.76. The number of hydrogen-bond acceptors (Lipinski definition) is 4. The van der Waals surface area contributed by atoms with E-state index in [1.54, 1.807) is 7.05 Å². The normalized spacial score (nSPS) is 38.1. The van der Waals surface area contributed by atoms with Crippen LogP contribution in [0, 0.1) is 23.7 Å². The van der Waals surface area contributed by atoms with Gasteiger partial charge in [0.15, 0.2) is 4.60 Å². The molecule has 6 nitrogen and oxygen atoms in total. The minimum Gasteiger partial charge on any atom is -0.235 e. The first-order valence-corrected chi connectivity index (χ1v) is 9.82. The van der Waals surface area contributed by atoms with Crippen LogP contribution >= 0.6 is 15.9 Å². The molecule has 3 fully saturated rings. The fourth-order valence-electron chi connectivity index (χ4n) is 5.07. The first-order chi connectivity index (χ1) is 9.97. The van der Waals surface area contributed by atoms with Crippen LogP contribution in [0.4, 0.5) is 0 Å². The zero-order valence-electron chi connectivity index (χ0n) is 11.9. The van der Waals surface area contributed by atoms with Gasteiger partial charge in [0, 0.05) is 13.1 Å². The standard InChI is InChI=1S/C13H19BrN4O2S/c1-18-13(12(14)15-17-18)21(19,20)16-11-6-7-5-10(11)9-4-2-3-8(7)9/h7-11,16H,2-6H2,1H3. The molecule has 3 aliphatic carbocycles. The summed E-state index contributed by atoms with van der Waals surface area (Å²) in [5, 5.41) is 7.65. The average Bonchev–Trinajstić information content (AvgIpc) is 3.09. The van der Waals surface area contributed by atoms with Gasteiger partial charge in [-0.25, -0.2) is 17.8 Å². The molecule has 0 amide bonds. The molecule has 1 aromatic heterocycles. The Morgan fingerprint density at radius 1 is 1.24 bits per heavy atom. The van der Waals surface area contributed by atoms with Gasteiger partial charge in [0.1, 0.15) is 0 Å². The molecule has 0 saturated heterocycles. The molecule has 0 aliphatic heterocycles. The van der Waals surface area contributed by atoms with E-state index in [-0.39, 0.29) is 15.7 Å². The summed E-state index contributed by atoms with van der Waals surface area (Å²) in [5.74, 6) is 2.85. The number of fused-ring (bicyclic) bond motifs is 5. The highest BCUT2D eigenvalue weighted by Crippen LogP contribution is 2.58. The molecule has 5 unspecified atom stereocenters. The molecule has 1 aromatic rings. The molecule has 116 valence electrons. The predicted molar refractivity (Wildman–Crippen MR) is 79.9 cm³/mol. The lowest BCUT2D eigenvalue weighted by Gasteiger charge is -2.31. The topological polar surface area (TPSA) is 76.9 Å². The Bertz CT molecular complexity index is 654. The third-order valence-electron chi connectivity index (χ3n) is 5.73. The van der Waals surface area contributed by atoms with Gasteiger partial charge in [-0.05, 0) is 65.3 Å². The number of aromatic nitrogens is 3. The van der Waals surface area contributed by atoms with Crippen LogP contribution in [0.15, 0.2) is 9.63 Å². The smallest absolute Gasteiger partial charge is 0.235 e. The molecule has 2 bridgehead atoms. The summed E-state index contributed by atoms with van der Waals surface area (Å²) in [6.45, 7) is 0. The van der Waals surface area contributed by atoms with Crippen LogP contribution in [-0.4, -0.2) is 29.5 Å². The molecule has 21 heavy (non-hydrogen) atoms. The molecule has 3 saturated carbocycles. The van der Waals surface area contributed by atoms with Crippen LogP contribution in [0.1, 0.15) is 32.1 Å². The number of sulfonamides is 1. The minimum absolute atomic E-state index is 0.0844. The molecular weight excluding hydrogens is 356 g/mol. The second-order valence-electron chi connectivity index (χ2n) is 6.69. The number of nitrogens with zero attached hydrogens (tertiary/aromatic N) is 3. The van der Waals surface area contributed by atoms with E-state index >= 15 is 0 Å². The lowest BCUT2D eigenvalue weighted by Crippen LogP contribution is -2.43. The van der Waals surface area contributed by atoms with Gasteiger partial charge < -0.3 is 0 Å². The Morgan fingerprint density at radius 3 is 2.71 bits per heavy atom. The molecule has 3 aliphatic rings. The highest BCUT2D eigenvalue weighted by atomic mass is 79.9. The molecule has 1 heterocycles. The van der Waals surface area contributed by atoms with Gasteiger partial charge in [0.05, 0.1) is 0 Å². The third-order valence-corrected chi connectivity index (χ3v) is 8.10. The van der Waals surface area contributed by atoms with Crippen LogP contribution in [0.2, 0.25) is 0 Å². The average molecular weight is 375 g/mol. The summed E-state index contributed by atoms with van der Waals surface area (Å²) >= 11 is 3.17. The Kier molecular flexibility index (Phi) is 3.21. The predicted octanol–water partition coefficient (Wildman–Crippen LogP) is 1.68. The summed E-state index contributed by atoms with van der Waals surface area (Å²) in [7, 11) is -1.97. The number of rotatable bonds is 3. The van der Waals surface area contributed by atoms with E-state index < -0.39 is 10.0 Å². The van der Waals surface area contributed by atoms with E-state index in [2.05, 4.69) is 31.0 Å². The summed E-state index contributed by atoms with van der Waals surface area (Å²) in [6, 6.07) is 0.0844. The number of hydrogen-bond donors (Lipinski definition) is 1. The fourth-order valence-corrected chi connectivity index (χ4v) is 7.46. The van der Waals surface area contributed by atoms with Crippen LogP contribution in [-0.2, 0) is 17.1 Å². The van der Waals surface area contributed by atoms with Crippen molar-refractivity contribution in [1.82, 2.24) is 19.7 Å². The van der Waals surface area contributed by atoms with Crippen LogP contribution in [0.3, 0.4) is 0 Å². The zero-order valence-corrected chi connectivity index (χ0v) is 14.3. The van der Waals surface area contributed by atoms with Gasteiger partial charge in [-0.2, -0.15) is 0 Å². The highest BCUT2D eigenvalue weighted by Gasteiger charge is 2.54. The summed E-state index contributed by atoms with van der Waals surface area (Å²) < 4.78 is 29.7. The van der Waals surface area contributed by atoms with E-state index in [0.717, 1.165) is 24.2 Å². The Hall–Kier alpha value is -0.470. The number of halogens is 1. The largest absolute Gasteiger partial charge is 0.260 e. The summed E-state index contributed by atoms with van der Waals surface area (Å²) in [4.78, 5) is 0. The molecule has 0 spiro atoms. The second-order valence-corrected chi connectivity index (χ2v) is 9.07. The highest BCUT2D eigenvalue weighted by molar-refractivity contribution is 9.10. The van der Waals surface area contributed by atoms with Crippen LogP contribution in [0.25, 0.3) is 0 Å². The molecule has 1 N–H and O–H groups in total. The maximum atomic E-state index is 12.6. The number of nitrogens with one attached hydrogen (secondary N) is 1. The van der Waals surface area contributed by atoms with Gasteiger partial charge in [0.25, 0.3) is 10.0 Å². The molecule has 4 rings (SSSR count). The van der Waals surface area contributed by atoms with Crippen LogP contribution in [0.5, 0.6) is 0 Å². The monoisotopic (exact) mass is 374 g/mol. The van der Waals surface area contributed by atoms with Gasteiger partial charge >= 0.3 is 0 Å². The van der Waals surface area contributed by atoms with Crippen molar-refractivity contribution in [3.8, 4) is 0 Å². The first-order valence-electron chi connectivity index (χ1n) is 7.55. The molecule has 0 aromatic carbocycles. The summed E-state index contributed by atoms with van der Waals surface area (Å²) in [5.41, 5.74) is 0. The van der Waals surface area contributed by atoms with Crippen molar-refractivity contribution in [2.45, 2.75) is 43.2 Å². The minimum atomic E-state index is -3.57. The summed E-state index contributed by atoms with van der Waals surface area (Å²) in [6.07, 6.45) is 6.14. The van der Waals surface area contributed by atoms with Crippen molar-refractivity contribution in [2.24, 2.45) is 30.7 Å². The van der Waals surface area contributed by atoms with Crippen LogP contribution < -0.4 is 4.72 Å². The lowest BCUT2D eigenvalue weighted by atomic mass is 9.79. The quantitative estimate of drug-likeness (QED) is 0.872. The van der Waals surface area contributed by atoms with E-state index in [1.165, 1.54) is 30.4 Å². The van der Waals surface area contributed by atoms with E-state index in [0.29, 0.717) is 5.92 Å². The van der Waals surface area contributed by atoms with E-state index in [9.17, 15) is 8.42 Å². The van der Waals surface area contributed by atoms with Crippen molar-refractivity contribution >= 4 is 26.0 Å². The number of aryl methyl sites for hydroxylation is 1.